The SMILES string of the molecule is CCCOc1ccc(C(=O)Oc2ccc(/C=N\NC(=O)c3cc(OC)c(OC)c(OC)c3)cc2OCC)cc1. The van der Waals surface area contributed by atoms with Gasteiger partial charge in [0.2, 0.25) is 5.75 Å². The smallest absolute Gasteiger partial charge is 0.343 e. The molecule has 0 aromatic heterocycles. The highest BCUT2D eigenvalue weighted by molar-refractivity contribution is 5.96. The first-order valence-corrected chi connectivity index (χ1v) is 12.3. The van der Waals surface area contributed by atoms with Gasteiger partial charge in [-0.3, -0.25) is 4.79 Å². The molecule has 1 amide bonds. The fourth-order valence-electron chi connectivity index (χ4n) is 3.47. The molecular formula is C29H32N2O8. The van der Waals surface area contributed by atoms with Crippen LogP contribution in [0.5, 0.6) is 34.5 Å². The Morgan fingerprint density at radius 2 is 1.49 bits per heavy atom. The highest BCUT2D eigenvalue weighted by Crippen LogP contribution is 2.38. The van der Waals surface area contributed by atoms with Crippen LogP contribution >= 0.6 is 0 Å². The molecule has 3 rings (SSSR count). The normalized spacial score (nSPS) is 10.6. The molecule has 0 aliphatic heterocycles. The summed E-state index contributed by atoms with van der Waals surface area (Å²) in [6.45, 7) is 4.80. The number of esters is 1. The molecule has 0 bridgehead atoms. The minimum atomic E-state index is -0.531. The highest BCUT2D eigenvalue weighted by Gasteiger charge is 2.17. The molecule has 0 aliphatic rings. The zero-order chi connectivity index (χ0) is 28.2. The Kier molecular flexibility index (Phi) is 10.6. The van der Waals surface area contributed by atoms with Crippen LogP contribution in [0.25, 0.3) is 0 Å². The number of nitrogens with one attached hydrogen (secondary N) is 1. The summed E-state index contributed by atoms with van der Waals surface area (Å²) in [5.41, 5.74) is 3.72. The summed E-state index contributed by atoms with van der Waals surface area (Å²) >= 11 is 0. The van der Waals surface area contributed by atoms with Gasteiger partial charge in [0.15, 0.2) is 23.0 Å². The molecule has 10 nitrogen and oxygen atoms in total. The molecule has 3 aromatic carbocycles. The van der Waals surface area contributed by atoms with E-state index in [0.717, 1.165) is 6.42 Å². The summed E-state index contributed by atoms with van der Waals surface area (Å²) < 4.78 is 32.6. The van der Waals surface area contributed by atoms with Crippen molar-refractivity contribution in [2.24, 2.45) is 5.10 Å². The van der Waals surface area contributed by atoms with Crippen molar-refractivity contribution >= 4 is 18.1 Å². The topological polar surface area (TPSA) is 114 Å². The van der Waals surface area contributed by atoms with Crippen molar-refractivity contribution in [1.29, 1.82) is 0 Å². The van der Waals surface area contributed by atoms with Gasteiger partial charge < -0.3 is 28.4 Å². The Labute approximate surface area is 227 Å². The van der Waals surface area contributed by atoms with E-state index in [1.54, 1.807) is 42.5 Å². The van der Waals surface area contributed by atoms with Crippen molar-refractivity contribution < 1.29 is 38.0 Å². The van der Waals surface area contributed by atoms with E-state index in [2.05, 4.69) is 10.5 Å². The fourth-order valence-corrected chi connectivity index (χ4v) is 3.47. The van der Waals surface area contributed by atoms with Crippen molar-refractivity contribution in [2.75, 3.05) is 34.5 Å². The Hall–Kier alpha value is -4.73. The van der Waals surface area contributed by atoms with E-state index in [-0.39, 0.29) is 11.3 Å². The zero-order valence-corrected chi connectivity index (χ0v) is 22.6. The maximum absolute atomic E-state index is 12.7. The number of hydrogen-bond donors (Lipinski definition) is 1. The van der Waals surface area contributed by atoms with Crippen LogP contribution in [0, 0.1) is 0 Å². The van der Waals surface area contributed by atoms with Gasteiger partial charge in [0.05, 0.1) is 46.3 Å². The molecule has 0 saturated carbocycles. The van der Waals surface area contributed by atoms with E-state index in [4.69, 9.17) is 28.4 Å². The van der Waals surface area contributed by atoms with Crippen molar-refractivity contribution in [3.8, 4) is 34.5 Å². The number of nitrogens with zero attached hydrogens (tertiary/aromatic N) is 1. The summed E-state index contributed by atoms with van der Waals surface area (Å²) in [5, 5.41) is 4.03. The Balaban J connectivity index is 1.70. The lowest BCUT2D eigenvalue weighted by molar-refractivity contribution is 0.0728. The summed E-state index contributed by atoms with van der Waals surface area (Å²) in [6, 6.07) is 14.7. The number of amides is 1. The maximum Gasteiger partial charge on any atom is 0.343 e. The lowest BCUT2D eigenvalue weighted by Gasteiger charge is -2.13. The number of hydrogen-bond acceptors (Lipinski definition) is 9. The van der Waals surface area contributed by atoms with E-state index >= 15 is 0 Å². The highest BCUT2D eigenvalue weighted by atomic mass is 16.6. The van der Waals surface area contributed by atoms with Crippen LogP contribution in [-0.2, 0) is 0 Å². The van der Waals surface area contributed by atoms with Crippen molar-refractivity contribution in [3.63, 3.8) is 0 Å². The monoisotopic (exact) mass is 536 g/mol. The molecule has 39 heavy (non-hydrogen) atoms. The average molecular weight is 537 g/mol. The third kappa shape index (κ3) is 7.64. The fraction of sp³-hybridized carbons (Fsp3) is 0.276. The molecule has 0 saturated heterocycles. The van der Waals surface area contributed by atoms with Crippen LogP contribution in [-0.4, -0.2) is 52.6 Å². The number of hydrazone groups is 1. The number of carbonyl (C=O) groups is 2. The Morgan fingerprint density at radius 3 is 2.08 bits per heavy atom. The number of benzene rings is 3. The van der Waals surface area contributed by atoms with Gasteiger partial charge in [-0.25, -0.2) is 10.2 Å². The van der Waals surface area contributed by atoms with Crippen LogP contribution in [0.1, 0.15) is 46.5 Å². The Morgan fingerprint density at radius 1 is 0.795 bits per heavy atom. The molecule has 0 spiro atoms. The van der Waals surface area contributed by atoms with Gasteiger partial charge in [-0.05, 0) is 73.5 Å². The molecule has 3 aromatic rings. The number of rotatable bonds is 13. The number of ether oxygens (including phenoxy) is 6. The third-order valence-electron chi connectivity index (χ3n) is 5.34. The summed E-state index contributed by atoms with van der Waals surface area (Å²) in [5.74, 6) is 1.35. The van der Waals surface area contributed by atoms with Gasteiger partial charge in [-0.15, -0.1) is 0 Å². The third-order valence-corrected chi connectivity index (χ3v) is 5.34. The van der Waals surface area contributed by atoms with Gasteiger partial charge in [0.1, 0.15) is 5.75 Å². The predicted octanol–water partition coefficient (Wildman–Crippen LogP) is 4.88. The van der Waals surface area contributed by atoms with Crippen LogP contribution in [0.3, 0.4) is 0 Å². The predicted molar refractivity (Wildman–Crippen MR) is 146 cm³/mol. The molecule has 1 N–H and O–H groups in total. The van der Waals surface area contributed by atoms with E-state index < -0.39 is 11.9 Å². The van der Waals surface area contributed by atoms with Crippen molar-refractivity contribution in [1.82, 2.24) is 5.43 Å². The molecule has 0 fully saturated rings. The molecule has 0 unspecified atom stereocenters. The van der Waals surface area contributed by atoms with Gasteiger partial charge in [-0.1, -0.05) is 6.92 Å². The van der Waals surface area contributed by atoms with Crippen molar-refractivity contribution in [2.45, 2.75) is 20.3 Å². The maximum atomic E-state index is 12.7. The van der Waals surface area contributed by atoms with Gasteiger partial charge in [0.25, 0.3) is 5.91 Å². The standard InChI is InChI=1S/C29H32N2O8/c1-6-14-38-22-11-9-20(10-12-22)29(33)39-23-13-8-19(15-24(23)37-7-2)18-30-31-28(32)21-16-25(34-3)27(36-5)26(17-21)35-4/h8-13,15-18H,6-7,14H2,1-5H3,(H,31,32)/b30-18-. The molecule has 0 atom stereocenters. The van der Waals surface area contributed by atoms with Crippen LogP contribution in [0.2, 0.25) is 0 Å². The number of carbonyl (C=O) groups excluding carboxylic acids is 2. The second-order valence-electron chi connectivity index (χ2n) is 8.01. The van der Waals surface area contributed by atoms with Gasteiger partial charge in [0, 0.05) is 5.56 Å². The summed E-state index contributed by atoms with van der Waals surface area (Å²) in [7, 11) is 4.41. The molecular weight excluding hydrogens is 504 g/mol. The second-order valence-corrected chi connectivity index (χ2v) is 8.01. The lowest BCUT2D eigenvalue weighted by Crippen LogP contribution is -2.18. The molecule has 10 heteroatoms. The summed E-state index contributed by atoms with van der Waals surface area (Å²) in [4.78, 5) is 25.3. The first-order valence-electron chi connectivity index (χ1n) is 12.3. The molecule has 0 heterocycles. The number of methoxy groups -OCH3 is 3. The van der Waals surface area contributed by atoms with Crippen LogP contribution in [0.4, 0.5) is 0 Å². The minimum absolute atomic E-state index is 0.256. The van der Waals surface area contributed by atoms with E-state index in [1.807, 2.05) is 13.8 Å². The van der Waals surface area contributed by atoms with Gasteiger partial charge in [-0.2, -0.15) is 5.10 Å². The average Bonchev–Trinajstić information content (AvgIpc) is 2.96. The minimum Gasteiger partial charge on any atom is -0.494 e. The first-order chi connectivity index (χ1) is 18.9. The first kappa shape index (κ1) is 28.8. The molecule has 0 radical (unpaired) electrons. The molecule has 206 valence electrons. The zero-order valence-electron chi connectivity index (χ0n) is 22.6. The van der Waals surface area contributed by atoms with Crippen LogP contribution < -0.4 is 33.8 Å². The van der Waals surface area contributed by atoms with Crippen LogP contribution in [0.15, 0.2) is 59.7 Å². The molecule has 0 aliphatic carbocycles. The quantitative estimate of drug-likeness (QED) is 0.142. The largest absolute Gasteiger partial charge is 0.494 e. The van der Waals surface area contributed by atoms with Gasteiger partial charge >= 0.3 is 5.97 Å². The van der Waals surface area contributed by atoms with E-state index in [9.17, 15) is 9.59 Å². The summed E-state index contributed by atoms with van der Waals surface area (Å²) in [6.07, 6.45) is 2.34. The van der Waals surface area contributed by atoms with E-state index in [0.29, 0.717) is 53.1 Å². The van der Waals surface area contributed by atoms with Crippen molar-refractivity contribution in [3.05, 3.63) is 71.3 Å². The Bertz CT molecular complexity index is 1280. The lowest BCUT2D eigenvalue weighted by atomic mass is 10.1. The van der Waals surface area contributed by atoms with E-state index in [1.165, 1.54) is 39.7 Å². The second kappa shape index (κ2) is 14.3.